The lowest BCUT2D eigenvalue weighted by molar-refractivity contribution is 0.227. The number of likely N-dealkylation sites (tertiary alicyclic amines) is 1. The van der Waals surface area contributed by atoms with E-state index in [9.17, 15) is 0 Å². The largest absolute Gasteiger partial charge is 0.497 e. The molecule has 1 saturated heterocycles. The van der Waals surface area contributed by atoms with Crippen LogP contribution in [0.1, 0.15) is 44.7 Å². The molecule has 3 nitrogen and oxygen atoms in total. The maximum Gasteiger partial charge on any atom is 0.119 e. The molecule has 1 unspecified atom stereocenters. The van der Waals surface area contributed by atoms with E-state index in [-0.39, 0.29) is 0 Å². The molecule has 1 aliphatic rings. The monoisotopic (exact) mass is 290 g/mol. The molecule has 3 heteroatoms. The number of hydrogen-bond donors (Lipinski definition) is 1. The first-order chi connectivity index (χ1) is 10.2. The quantitative estimate of drug-likeness (QED) is 0.832. The summed E-state index contributed by atoms with van der Waals surface area (Å²) in [6.07, 6.45) is 3.93. The van der Waals surface area contributed by atoms with Crippen molar-refractivity contribution in [1.29, 1.82) is 0 Å². The Morgan fingerprint density at radius 3 is 2.67 bits per heavy atom. The highest BCUT2D eigenvalue weighted by atomic mass is 16.5. The van der Waals surface area contributed by atoms with E-state index in [0.29, 0.717) is 11.5 Å². The molecule has 0 bridgehead atoms. The highest BCUT2D eigenvalue weighted by Gasteiger charge is 2.35. The van der Waals surface area contributed by atoms with Gasteiger partial charge in [0.2, 0.25) is 0 Å². The highest BCUT2D eigenvalue weighted by molar-refractivity contribution is 5.30. The minimum atomic E-state index is 0.365. The Balaban J connectivity index is 2.03. The first-order valence-electron chi connectivity index (χ1n) is 8.20. The lowest BCUT2D eigenvalue weighted by atomic mass is 9.82. The van der Waals surface area contributed by atoms with E-state index in [1.165, 1.54) is 37.9 Å². The Hall–Kier alpha value is -1.06. The molecule has 1 heterocycles. The van der Waals surface area contributed by atoms with Crippen LogP contribution in [0.15, 0.2) is 24.3 Å². The third kappa shape index (κ3) is 3.78. The van der Waals surface area contributed by atoms with Crippen LogP contribution in [0, 0.1) is 5.41 Å². The molecule has 1 aromatic rings. The lowest BCUT2D eigenvalue weighted by Gasteiger charge is -2.28. The summed E-state index contributed by atoms with van der Waals surface area (Å²) in [5, 5.41) is 3.46. The lowest BCUT2D eigenvalue weighted by Crippen LogP contribution is -2.34. The molecule has 1 atom stereocenters. The van der Waals surface area contributed by atoms with Crippen LogP contribution in [0.3, 0.4) is 0 Å². The van der Waals surface area contributed by atoms with Crippen molar-refractivity contribution in [2.45, 2.75) is 39.2 Å². The molecule has 0 aromatic heterocycles. The second kappa shape index (κ2) is 7.28. The molecular weight excluding hydrogens is 260 g/mol. The maximum absolute atomic E-state index is 5.35. The van der Waals surface area contributed by atoms with Gasteiger partial charge in [0.1, 0.15) is 5.75 Å². The van der Waals surface area contributed by atoms with E-state index in [0.717, 1.165) is 12.3 Å². The van der Waals surface area contributed by atoms with Gasteiger partial charge < -0.3 is 15.0 Å². The van der Waals surface area contributed by atoms with Gasteiger partial charge >= 0.3 is 0 Å². The van der Waals surface area contributed by atoms with Crippen molar-refractivity contribution < 1.29 is 4.74 Å². The molecule has 0 saturated carbocycles. The van der Waals surface area contributed by atoms with Gasteiger partial charge in [-0.3, -0.25) is 0 Å². The summed E-state index contributed by atoms with van der Waals surface area (Å²) in [6.45, 7) is 8.21. The van der Waals surface area contributed by atoms with Crippen LogP contribution in [0.5, 0.6) is 5.75 Å². The Labute approximate surface area is 129 Å². The van der Waals surface area contributed by atoms with E-state index in [1.807, 2.05) is 13.1 Å². The number of nitrogens with one attached hydrogen (secondary N) is 1. The summed E-state index contributed by atoms with van der Waals surface area (Å²) in [4.78, 5) is 2.62. The Morgan fingerprint density at radius 1 is 1.33 bits per heavy atom. The molecule has 0 amide bonds. The number of ether oxygens (including phenoxy) is 1. The van der Waals surface area contributed by atoms with Gasteiger partial charge in [0.05, 0.1) is 7.11 Å². The number of hydrogen-bond acceptors (Lipinski definition) is 3. The highest BCUT2D eigenvalue weighted by Crippen LogP contribution is 2.37. The van der Waals surface area contributed by atoms with E-state index in [1.54, 1.807) is 7.11 Å². The molecule has 1 fully saturated rings. The molecule has 1 aliphatic heterocycles. The second-order valence-electron chi connectivity index (χ2n) is 6.31. The molecule has 118 valence electrons. The number of methoxy groups -OCH3 is 1. The first-order valence-corrected chi connectivity index (χ1v) is 8.20. The van der Waals surface area contributed by atoms with Gasteiger partial charge in [0.15, 0.2) is 0 Å². The number of nitrogens with zero attached hydrogens (tertiary/aromatic N) is 1. The van der Waals surface area contributed by atoms with Crippen LogP contribution >= 0.6 is 0 Å². The van der Waals surface area contributed by atoms with Crippen LogP contribution in [0.2, 0.25) is 0 Å². The normalized spacial score (nSPS) is 19.6. The van der Waals surface area contributed by atoms with Crippen molar-refractivity contribution in [1.82, 2.24) is 10.2 Å². The van der Waals surface area contributed by atoms with Gasteiger partial charge in [-0.2, -0.15) is 0 Å². The van der Waals surface area contributed by atoms with Crippen LogP contribution < -0.4 is 10.1 Å². The summed E-state index contributed by atoms with van der Waals surface area (Å²) in [6, 6.07) is 8.78. The van der Waals surface area contributed by atoms with Crippen molar-refractivity contribution in [3.8, 4) is 5.75 Å². The molecule has 0 radical (unpaired) electrons. The molecule has 2 rings (SSSR count). The van der Waals surface area contributed by atoms with Gasteiger partial charge in [-0.15, -0.1) is 0 Å². The zero-order valence-electron chi connectivity index (χ0n) is 14.0. The third-order valence-electron chi connectivity index (χ3n) is 5.30. The average molecular weight is 290 g/mol. The van der Waals surface area contributed by atoms with Crippen LogP contribution in [-0.4, -0.2) is 38.7 Å². The van der Waals surface area contributed by atoms with Gasteiger partial charge in [-0.05, 0) is 56.0 Å². The van der Waals surface area contributed by atoms with Crippen molar-refractivity contribution in [3.63, 3.8) is 0 Å². The number of likely N-dealkylation sites (N-methyl/N-ethyl adjacent to an activating group) is 1. The fourth-order valence-electron chi connectivity index (χ4n) is 3.49. The Morgan fingerprint density at radius 2 is 2.10 bits per heavy atom. The second-order valence-corrected chi connectivity index (χ2v) is 6.31. The van der Waals surface area contributed by atoms with E-state index < -0.39 is 0 Å². The number of rotatable bonds is 7. The minimum Gasteiger partial charge on any atom is -0.497 e. The average Bonchev–Trinajstić information content (AvgIpc) is 2.96. The standard InChI is InChI=1S/C18H30N2O/c1-5-18(6-2)10-11-20(14-18)13-17(19-3)15-8-7-9-16(12-15)21-4/h7-9,12,17,19H,5-6,10-11,13-14H2,1-4H3. The van der Waals surface area contributed by atoms with Crippen LogP contribution in [0.4, 0.5) is 0 Å². The van der Waals surface area contributed by atoms with Crippen molar-refractivity contribution in [2.75, 3.05) is 33.8 Å². The zero-order chi connectivity index (χ0) is 15.3. The fourth-order valence-corrected chi connectivity index (χ4v) is 3.49. The number of benzene rings is 1. The third-order valence-corrected chi connectivity index (χ3v) is 5.30. The van der Waals surface area contributed by atoms with Gasteiger partial charge in [0, 0.05) is 19.1 Å². The zero-order valence-corrected chi connectivity index (χ0v) is 14.0. The van der Waals surface area contributed by atoms with Crippen molar-refractivity contribution >= 4 is 0 Å². The smallest absolute Gasteiger partial charge is 0.119 e. The van der Waals surface area contributed by atoms with Crippen LogP contribution in [0.25, 0.3) is 0 Å². The minimum absolute atomic E-state index is 0.365. The van der Waals surface area contributed by atoms with E-state index in [2.05, 4.69) is 42.3 Å². The first kappa shape index (κ1) is 16.3. The van der Waals surface area contributed by atoms with Gasteiger partial charge in [0.25, 0.3) is 0 Å². The van der Waals surface area contributed by atoms with Gasteiger partial charge in [-0.25, -0.2) is 0 Å². The molecule has 1 N–H and O–H groups in total. The summed E-state index contributed by atoms with van der Waals surface area (Å²) < 4.78 is 5.35. The molecule has 1 aromatic carbocycles. The predicted octanol–water partition coefficient (Wildman–Crippen LogP) is 3.47. The maximum atomic E-state index is 5.35. The van der Waals surface area contributed by atoms with Crippen molar-refractivity contribution in [3.05, 3.63) is 29.8 Å². The fraction of sp³-hybridized carbons (Fsp3) is 0.667. The van der Waals surface area contributed by atoms with E-state index in [4.69, 9.17) is 4.74 Å². The Bertz CT molecular complexity index is 443. The molecule has 0 spiro atoms. The molecule has 0 aliphatic carbocycles. The summed E-state index contributed by atoms with van der Waals surface area (Å²) in [7, 11) is 3.78. The topological polar surface area (TPSA) is 24.5 Å². The predicted molar refractivity (Wildman–Crippen MR) is 88.9 cm³/mol. The summed E-state index contributed by atoms with van der Waals surface area (Å²) in [5.74, 6) is 0.936. The van der Waals surface area contributed by atoms with Gasteiger partial charge in [-0.1, -0.05) is 26.0 Å². The summed E-state index contributed by atoms with van der Waals surface area (Å²) >= 11 is 0. The molecular formula is C18H30N2O. The van der Waals surface area contributed by atoms with E-state index >= 15 is 0 Å². The molecule has 21 heavy (non-hydrogen) atoms. The SMILES string of the molecule is CCC1(CC)CCN(CC(NC)c2cccc(OC)c2)C1. The van der Waals surface area contributed by atoms with Crippen LogP contribution in [-0.2, 0) is 0 Å². The summed E-state index contributed by atoms with van der Waals surface area (Å²) in [5.41, 5.74) is 1.86. The van der Waals surface area contributed by atoms with Crippen molar-refractivity contribution in [2.24, 2.45) is 5.41 Å². The Kier molecular flexibility index (Phi) is 5.65.